The molecular formula is C24H28FN7O2. The van der Waals surface area contributed by atoms with E-state index in [-0.39, 0.29) is 46.9 Å². The summed E-state index contributed by atoms with van der Waals surface area (Å²) in [6, 6.07) is 3.05. The van der Waals surface area contributed by atoms with Gasteiger partial charge in [-0.3, -0.25) is 14.8 Å². The summed E-state index contributed by atoms with van der Waals surface area (Å²) in [6.07, 6.45) is 8.93. The van der Waals surface area contributed by atoms with Crippen molar-refractivity contribution in [3.8, 4) is 17.3 Å². The summed E-state index contributed by atoms with van der Waals surface area (Å²) in [5.74, 6) is -0.786. The van der Waals surface area contributed by atoms with E-state index in [9.17, 15) is 9.18 Å². The number of hydrogen-bond donors (Lipinski definition) is 2. The van der Waals surface area contributed by atoms with Gasteiger partial charge < -0.3 is 21.1 Å². The van der Waals surface area contributed by atoms with E-state index < -0.39 is 5.82 Å². The van der Waals surface area contributed by atoms with Crippen molar-refractivity contribution in [1.29, 1.82) is 0 Å². The Kier molecular flexibility index (Phi) is 7.27. The van der Waals surface area contributed by atoms with Crippen LogP contribution in [-0.2, 0) is 6.42 Å². The first kappa shape index (κ1) is 23.5. The van der Waals surface area contributed by atoms with Crippen LogP contribution < -0.4 is 21.1 Å². The van der Waals surface area contributed by atoms with Crippen molar-refractivity contribution in [3.05, 3.63) is 54.0 Å². The SMILES string of the molecule is CCCOc1cncc(-c2nc(C(=O)Cc3cnccc3N3CCC[C@H](N)C3)c(N)cc2F)n1. The van der Waals surface area contributed by atoms with E-state index in [1.165, 1.54) is 12.4 Å². The quantitative estimate of drug-likeness (QED) is 0.482. The maximum atomic E-state index is 14.7. The number of carbonyl (C=O) groups is 1. The highest BCUT2D eigenvalue weighted by Gasteiger charge is 2.23. The first-order valence-electron chi connectivity index (χ1n) is 11.3. The summed E-state index contributed by atoms with van der Waals surface area (Å²) in [5.41, 5.74) is 13.8. The molecule has 0 bridgehead atoms. The largest absolute Gasteiger partial charge is 0.477 e. The molecule has 0 radical (unpaired) electrons. The van der Waals surface area contributed by atoms with Gasteiger partial charge in [0.2, 0.25) is 5.88 Å². The second-order valence-corrected chi connectivity index (χ2v) is 8.30. The Morgan fingerprint density at radius 1 is 1.26 bits per heavy atom. The van der Waals surface area contributed by atoms with E-state index in [0.29, 0.717) is 13.2 Å². The molecule has 34 heavy (non-hydrogen) atoms. The van der Waals surface area contributed by atoms with Crippen LogP contribution in [-0.4, -0.2) is 51.5 Å². The Morgan fingerprint density at radius 2 is 2.12 bits per heavy atom. The monoisotopic (exact) mass is 465 g/mol. The molecule has 9 nitrogen and oxygen atoms in total. The first-order chi connectivity index (χ1) is 16.5. The van der Waals surface area contributed by atoms with Crippen LogP contribution in [0.2, 0.25) is 0 Å². The van der Waals surface area contributed by atoms with E-state index in [1.54, 1.807) is 12.4 Å². The number of nitrogen functional groups attached to an aromatic ring is 1. The second kappa shape index (κ2) is 10.5. The molecule has 4 heterocycles. The van der Waals surface area contributed by atoms with E-state index in [0.717, 1.165) is 43.1 Å². The topological polar surface area (TPSA) is 133 Å². The maximum absolute atomic E-state index is 14.7. The molecule has 1 aliphatic heterocycles. The molecule has 1 fully saturated rings. The van der Waals surface area contributed by atoms with Crippen LogP contribution in [0, 0.1) is 5.82 Å². The smallest absolute Gasteiger partial charge is 0.232 e. The van der Waals surface area contributed by atoms with Crippen LogP contribution in [0.5, 0.6) is 5.88 Å². The molecule has 4 N–H and O–H groups in total. The fraction of sp³-hybridized carbons (Fsp3) is 0.375. The van der Waals surface area contributed by atoms with E-state index in [2.05, 4.69) is 24.8 Å². The molecule has 0 aromatic carbocycles. The lowest BCUT2D eigenvalue weighted by Gasteiger charge is -2.33. The number of carbonyl (C=O) groups excluding carboxylic acids is 1. The number of Topliss-reactive ketones (excluding diaryl/α,β-unsaturated/α-hetero) is 1. The summed E-state index contributed by atoms with van der Waals surface area (Å²) < 4.78 is 20.2. The molecule has 0 aliphatic carbocycles. The lowest BCUT2D eigenvalue weighted by atomic mass is 10.0. The van der Waals surface area contributed by atoms with Crippen LogP contribution >= 0.6 is 0 Å². The van der Waals surface area contributed by atoms with Gasteiger partial charge in [-0.1, -0.05) is 6.92 Å². The fourth-order valence-corrected chi connectivity index (χ4v) is 3.99. The highest BCUT2D eigenvalue weighted by molar-refractivity contribution is 6.01. The third-order valence-corrected chi connectivity index (χ3v) is 5.61. The van der Waals surface area contributed by atoms with Gasteiger partial charge in [0.1, 0.15) is 17.1 Å². The van der Waals surface area contributed by atoms with E-state index in [4.69, 9.17) is 16.2 Å². The minimum absolute atomic E-state index is 0.0164. The van der Waals surface area contributed by atoms with Gasteiger partial charge >= 0.3 is 0 Å². The van der Waals surface area contributed by atoms with Gasteiger partial charge in [-0.25, -0.2) is 14.4 Å². The zero-order valence-electron chi connectivity index (χ0n) is 19.1. The van der Waals surface area contributed by atoms with Crippen molar-refractivity contribution in [3.63, 3.8) is 0 Å². The molecular weight excluding hydrogens is 437 g/mol. The Morgan fingerprint density at radius 3 is 2.91 bits per heavy atom. The Bertz CT molecular complexity index is 1170. The number of rotatable bonds is 8. The number of anilines is 2. The van der Waals surface area contributed by atoms with Crippen LogP contribution in [0.4, 0.5) is 15.8 Å². The van der Waals surface area contributed by atoms with Gasteiger partial charge in [0, 0.05) is 55.3 Å². The summed E-state index contributed by atoms with van der Waals surface area (Å²) in [4.78, 5) is 32.2. The molecule has 10 heteroatoms. The third-order valence-electron chi connectivity index (χ3n) is 5.61. The molecule has 1 aliphatic rings. The Balaban J connectivity index is 1.62. The average Bonchev–Trinajstić information content (AvgIpc) is 2.83. The summed E-state index contributed by atoms with van der Waals surface area (Å²) in [7, 11) is 0. The number of nitrogens with two attached hydrogens (primary N) is 2. The number of pyridine rings is 2. The summed E-state index contributed by atoms with van der Waals surface area (Å²) in [6.45, 7) is 3.98. The molecule has 0 amide bonds. The first-order valence-corrected chi connectivity index (χ1v) is 11.3. The van der Waals surface area contributed by atoms with Crippen LogP contribution in [0.15, 0.2) is 36.9 Å². The van der Waals surface area contributed by atoms with Crippen molar-refractivity contribution in [2.75, 3.05) is 30.3 Å². The zero-order chi connectivity index (χ0) is 24.1. The summed E-state index contributed by atoms with van der Waals surface area (Å²) >= 11 is 0. The van der Waals surface area contributed by atoms with E-state index in [1.807, 2.05) is 13.0 Å². The number of ketones is 1. The van der Waals surface area contributed by atoms with Crippen molar-refractivity contribution >= 4 is 17.2 Å². The molecule has 4 rings (SSSR count). The van der Waals surface area contributed by atoms with Crippen molar-refractivity contribution in [2.24, 2.45) is 5.73 Å². The number of ether oxygens (including phenoxy) is 1. The zero-order valence-corrected chi connectivity index (χ0v) is 19.1. The van der Waals surface area contributed by atoms with Gasteiger partial charge in [0.25, 0.3) is 0 Å². The van der Waals surface area contributed by atoms with Crippen molar-refractivity contribution in [1.82, 2.24) is 19.9 Å². The summed E-state index contributed by atoms with van der Waals surface area (Å²) in [5, 5.41) is 0. The number of hydrogen-bond acceptors (Lipinski definition) is 9. The predicted octanol–water partition coefficient (Wildman–Crippen LogP) is 2.80. The lowest BCUT2D eigenvalue weighted by molar-refractivity contribution is 0.0989. The highest BCUT2D eigenvalue weighted by Crippen LogP contribution is 2.27. The normalized spacial score (nSPS) is 15.9. The number of aromatic nitrogens is 4. The minimum Gasteiger partial charge on any atom is -0.477 e. The minimum atomic E-state index is -0.694. The molecule has 1 atom stereocenters. The Labute approximate surface area is 197 Å². The molecule has 0 saturated carbocycles. The molecule has 3 aromatic rings. The van der Waals surface area contributed by atoms with Gasteiger partial charge in [-0.2, -0.15) is 0 Å². The van der Waals surface area contributed by atoms with Crippen molar-refractivity contribution < 1.29 is 13.9 Å². The molecule has 0 spiro atoms. The van der Waals surface area contributed by atoms with Crippen LogP contribution in [0.1, 0.15) is 42.2 Å². The molecule has 0 unspecified atom stereocenters. The van der Waals surface area contributed by atoms with Crippen LogP contribution in [0.25, 0.3) is 11.4 Å². The number of halogens is 1. The van der Waals surface area contributed by atoms with Gasteiger partial charge in [0.15, 0.2) is 11.6 Å². The standard InChI is InChI=1S/C24H28FN7O2/c1-2-8-34-22-13-29-12-19(30-22)23-17(25)10-18(27)24(31-23)21(33)9-15-11-28-6-5-20(15)32-7-3-4-16(26)14-32/h5-6,10-13,16H,2-4,7-9,14,26-27H2,1H3/t16-/m0/s1. The Hall–Kier alpha value is -3.66. The lowest BCUT2D eigenvalue weighted by Crippen LogP contribution is -2.43. The number of piperidine rings is 1. The van der Waals surface area contributed by atoms with E-state index >= 15 is 0 Å². The average molecular weight is 466 g/mol. The molecule has 3 aromatic heterocycles. The maximum Gasteiger partial charge on any atom is 0.232 e. The van der Waals surface area contributed by atoms with Gasteiger partial charge in [-0.05, 0) is 25.3 Å². The highest BCUT2D eigenvalue weighted by atomic mass is 19.1. The fourth-order valence-electron chi connectivity index (χ4n) is 3.99. The van der Waals surface area contributed by atoms with Gasteiger partial charge in [-0.15, -0.1) is 0 Å². The number of nitrogens with zero attached hydrogens (tertiary/aromatic N) is 5. The van der Waals surface area contributed by atoms with Crippen molar-refractivity contribution in [2.45, 2.75) is 38.6 Å². The van der Waals surface area contributed by atoms with Crippen LogP contribution in [0.3, 0.4) is 0 Å². The molecule has 178 valence electrons. The predicted molar refractivity (Wildman–Crippen MR) is 127 cm³/mol. The second-order valence-electron chi connectivity index (χ2n) is 8.30. The third kappa shape index (κ3) is 5.28. The van der Waals surface area contributed by atoms with Gasteiger partial charge in [0.05, 0.1) is 24.7 Å². The molecule has 1 saturated heterocycles.